The fraction of sp³-hybridized carbons (Fsp3) is 0.133. The number of nitrogen functional groups attached to an aromatic ring is 1. The molecule has 0 saturated heterocycles. The number of benzene rings is 2. The molecule has 0 aliphatic rings. The summed E-state index contributed by atoms with van der Waals surface area (Å²) in [5.41, 5.74) is 7.82. The zero-order valence-corrected chi connectivity index (χ0v) is 11.7. The maximum absolute atomic E-state index is 11.6. The van der Waals surface area contributed by atoms with Crippen molar-refractivity contribution in [2.75, 3.05) is 12.8 Å². The third-order valence-electron chi connectivity index (χ3n) is 2.69. The van der Waals surface area contributed by atoms with E-state index in [0.29, 0.717) is 11.3 Å². The van der Waals surface area contributed by atoms with E-state index in [1.54, 1.807) is 23.9 Å². The summed E-state index contributed by atoms with van der Waals surface area (Å²) in [7, 11) is 1.35. The normalized spacial score (nSPS) is 10.2. The van der Waals surface area contributed by atoms with Crippen LogP contribution in [0.1, 0.15) is 15.9 Å². The molecular weight excluding hydrogens is 258 g/mol. The van der Waals surface area contributed by atoms with Crippen molar-refractivity contribution in [2.24, 2.45) is 0 Å². The molecule has 3 nitrogen and oxygen atoms in total. The van der Waals surface area contributed by atoms with Crippen molar-refractivity contribution >= 4 is 23.4 Å². The molecule has 0 aromatic heterocycles. The van der Waals surface area contributed by atoms with E-state index in [-0.39, 0.29) is 0 Å². The van der Waals surface area contributed by atoms with E-state index in [4.69, 9.17) is 10.5 Å². The van der Waals surface area contributed by atoms with Gasteiger partial charge in [0.2, 0.25) is 0 Å². The second-order valence-electron chi connectivity index (χ2n) is 4.16. The van der Waals surface area contributed by atoms with Crippen molar-refractivity contribution in [1.29, 1.82) is 0 Å². The molecule has 2 N–H and O–H groups in total. The molecule has 0 radical (unpaired) electrons. The van der Waals surface area contributed by atoms with Crippen molar-refractivity contribution in [3.05, 3.63) is 53.6 Å². The summed E-state index contributed by atoms with van der Waals surface area (Å²) in [5.74, 6) is -0.413. The number of esters is 1. The lowest BCUT2D eigenvalue weighted by Gasteiger charge is -2.07. The molecule has 2 aromatic carbocycles. The van der Waals surface area contributed by atoms with Crippen LogP contribution in [0.3, 0.4) is 0 Å². The van der Waals surface area contributed by atoms with E-state index in [1.807, 2.05) is 25.1 Å². The average molecular weight is 273 g/mol. The number of aryl methyl sites for hydroxylation is 1. The van der Waals surface area contributed by atoms with Crippen molar-refractivity contribution in [1.82, 2.24) is 0 Å². The molecule has 0 atom stereocenters. The van der Waals surface area contributed by atoms with Gasteiger partial charge in [0.25, 0.3) is 0 Å². The highest BCUT2D eigenvalue weighted by Gasteiger charge is 2.11. The van der Waals surface area contributed by atoms with Crippen LogP contribution in [0.5, 0.6) is 0 Å². The van der Waals surface area contributed by atoms with Gasteiger partial charge >= 0.3 is 5.97 Å². The summed E-state index contributed by atoms with van der Waals surface area (Å²) in [6.45, 7) is 2.05. The maximum atomic E-state index is 11.6. The van der Waals surface area contributed by atoms with E-state index < -0.39 is 5.97 Å². The summed E-state index contributed by atoms with van der Waals surface area (Å²) in [6, 6.07) is 13.6. The van der Waals surface area contributed by atoms with Gasteiger partial charge in [0.05, 0.1) is 12.7 Å². The van der Waals surface area contributed by atoms with Gasteiger partial charge < -0.3 is 10.5 Å². The van der Waals surface area contributed by atoms with E-state index in [0.717, 1.165) is 9.79 Å². The molecule has 2 aromatic rings. The minimum atomic E-state index is -0.413. The van der Waals surface area contributed by atoms with Gasteiger partial charge in [0.15, 0.2) is 0 Å². The van der Waals surface area contributed by atoms with Crippen LogP contribution in [-0.4, -0.2) is 13.1 Å². The van der Waals surface area contributed by atoms with Crippen molar-refractivity contribution in [3.8, 4) is 0 Å². The van der Waals surface area contributed by atoms with Crippen LogP contribution in [0.25, 0.3) is 0 Å². The standard InChI is InChI=1S/C15H15NO2S/c1-10-3-5-11(6-4-10)19-12-7-8-14(16)13(9-12)15(17)18-2/h3-9H,16H2,1-2H3. The summed E-state index contributed by atoms with van der Waals surface area (Å²) in [6.07, 6.45) is 0. The number of anilines is 1. The first-order valence-corrected chi connectivity index (χ1v) is 6.64. The lowest BCUT2D eigenvalue weighted by atomic mass is 10.2. The smallest absolute Gasteiger partial charge is 0.339 e. The zero-order chi connectivity index (χ0) is 13.8. The number of carbonyl (C=O) groups is 1. The van der Waals surface area contributed by atoms with Gasteiger partial charge in [-0.25, -0.2) is 4.79 Å². The molecule has 0 amide bonds. The Morgan fingerprint density at radius 2 is 1.74 bits per heavy atom. The molecule has 0 saturated carbocycles. The first-order valence-electron chi connectivity index (χ1n) is 5.82. The molecule has 0 bridgehead atoms. The van der Waals surface area contributed by atoms with Crippen molar-refractivity contribution < 1.29 is 9.53 Å². The van der Waals surface area contributed by atoms with Gasteiger partial charge in [-0.3, -0.25) is 0 Å². The van der Waals surface area contributed by atoms with Crippen LogP contribution in [-0.2, 0) is 4.74 Å². The first kappa shape index (κ1) is 13.5. The molecule has 2 rings (SSSR count). The number of ether oxygens (including phenoxy) is 1. The lowest BCUT2D eigenvalue weighted by molar-refractivity contribution is 0.0601. The summed E-state index contributed by atoms with van der Waals surface area (Å²) < 4.78 is 4.71. The lowest BCUT2D eigenvalue weighted by Crippen LogP contribution is -2.05. The fourth-order valence-corrected chi connectivity index (χ4v) is 2.49. The van der Waals surface area contributed by atoms with Gasteiger partial charge in [0, 0.05) is 15.5 Å². The highest BCUT2D eigenvalue weighted by Crippen LogP contribution is 2.30. The summed E-state index contributed by atoms with van der Waals surface area (Å²) >= 11 is 1.58. The van der Waals surface area contributed by atoms with Crippen LogP contribution in [0.2, 0.25) is 0 Å². The first-order chi connectivity index (χ1) is 9.10. The van der Waals surface area contributed by atoms with Gasteiger partial charge in [-0.1, -0.05) is 29.5 Å². The Balaban J connectivity index is 2.26. The number of nitrogens with two attached hydrogens (primary N) is 1. The molecule has 4 heteroatoms. The SMILES string of the molecule is COC(=O)c1cc(Sc2ccc(C)cc2)ccc1N. The number of hydrogen-bond acceptors (Lipinski definition) is 4. The molecule has 0 spiro atoms. The molecule has 19 heavy (non-hydrogen) atoms. The van der Waals surface area contributed by atoms with Crippen LogP contribution in [0, 0.1) is 6.92 Å². The van der Waals surface area contributed by atoms with E-state index in [1.165, 1.54) is 12.7 Å². The molecule has 0 aliphatic heterocycles. The third kappa shape index (κ3) is 3.29. The van der Waals surface area contributed by atoms with Crippen LogP contribution in [0.15, 0.2) is 52.3 Å². The molecule has 0 unspecified atom stereocenters. The maximum Gasteiger partial charge on any atom is 0.339 e. The second-order valence-corrected chi connectivity index (χ2v) is 5.30. The molecule has 0 fully saturated rings. The Morgan fingerprint density at radius 3 is 2.37 bits per heavy atom. The Morgan fingerprint density at radius 1 is 1.11 bits per heavy atom. The Labute approximate surface area is 116 Å². The van der Waals surface area contributed by atoms with E-state index in [9.17, 15) is 4.79 Å². The minimum absolute atomic E-state index is 0.402. The third-order valence-corrected chi connectivity index (χ3v) is 3.68. The van der Waals surface area contributed by atoms with Crippen LogP contribution < -0.4 is 5.73 Å². The van der Waals surface area contributed by atoms with E-state index >= 15 is 0 Å². The van der Waals surface area contributed by atoms with Crippen LogP contribution in [0.4, 0.5) is 5.69 Å². The molecule has 0 heterocycles. The largest absolute Gasteiger partial charge is 0.465 e. The molecule has 98 valence electrons. The fourth-order valence-electron chi connectivity index (χ4n) is 1.63. The highest BCUT2D eigenvalue weighted by atomic mass is 32.2. The number of methoxy groups -OCH3 is 1. The number of carbonyl (C=O) groups excluding carboxylic acids is 1. The average Bonchev–Trinajstić information content (AvgIpc) is 2.42. The monoisotopic (exact) mass is 273 g/mol. The highest BCUT2D eigenvalue weighted by molar-refractivity contribution is 7.99. The van der Waals surface area contributed by atoms with E-state index in [2.05, 4.69) is 12.1 Å². The summed E-state index contributed by atoms with van der Waals surface area (Å²) in [5, 5.41) is 0. The molecular formula is C15H15NO2S. The second kappa shape index (κ2) is 5.80. The van der Waals surface area contributed by atoms with Gasteiger partial charge in [-0.2, -0.15) is 0 Å². The zero-order valence-electron chi connectivity index (χ0n) is 10.8. The predicted molar refractivity (Wildman–Crippen MR) is 77.5 cm³/mol. The Bertz CT molecular complexity index is 594. The Kier molecular flexibility index (Phi) is 4.12. The number of hydrogen-bond donors (Lipinski definition) is 1. The minimum Gasteiger partial charge on any atom is -0.465 e. The topological polar surface area (TPSA) is 52.3 Å². The van der Waals surface area contributed by atoms with Gasteiger partial charge in [-0.05, 0) is 37.3 Å². The quantitative estimate of drug-likeness (QED) is 0.686. The number of rotatable bonds is 3. The van der Waals surface area contributed by atoms with Crippen molar-refractivity contribution in [3.63, 3.8) is 0 Å². The molecule has 0 aliphatic carbocycles. The van der Waals surface area contributed by atoms with Crippen LogP contribution >= 0.6 is 11.8 Å². The summed E-state index contributed by atoms with van der Waals surface area (Å²) in [4.78, 5) is 13.6. The van der Waals surface area contributed by atoms with Gasteiger partial charge in [-0.15, -0.1) is 0 Å². The Hall–Kier alpha value is -1.94. The predicted octanol–water partition coefficient (Wildman–Crippen LogP) is 3.52. The van der Waals surface area contributed by atoms with Gasteiger partial charge in [0.1, 0.15) is 0 Å². The van der Waals surface area contributed by atoms with Crippen molar-refractivity contribution in [2.45, 2.75) is 16.7 Å².